The van der Waals surface area contributed by atoms with E-state index >= 15 is 0 Å². The van der Waals surface area contributed by atoms with Crippen molar-refractivity contribution in [1.29, 1.82) is 0 Å². The molecular weight excluding hydrogens is 661 g/mol. The van der Waals surface area contributed by atoms with Crippen molar-refractivity contribution in [3.63, 3.8) is 0 Å². The molecule has 0 saturated carbocycles. The monoisotopic (exact) mass is 726 g/mol. The highest BCUT2D eigenvalue weighted by Gasteiger charge is 2.42. The van der Waals surface area contributed by atoms with Gasteiger partial charge in [-0.3, -0.25) is 0 Å². The van der Waals surface area contributed by atoms with Crippen molar-refractivity contribution in [2.24, 2.45) is 35.5 Å². The van der Waals surface area contributed by atoms with Crippen molar-refractivity contribution in [3.8, 4) is 17.2 Å². The summed E-state index contributed by atoms with van der Waals surface area (Å²) >= 11 is 0. The van der Waals surface area contributed by atoms with E-state index < -0.39 is 22.6 Å². The molecule has 4 rings (SSSR count). The first kappa shape index (κ1) is 40.7. The second-order valence-corrected chi connectivity index (χ2v) is 25.4. The van der Waals surface area contributed by atoms with Crippen molar-refractivity contribution >= 4 is 44.1 Å². The van der Waals surface area contributed by atoms with E-state index in [0.29, 0.717) is 52.6 Å². The van der Waals surface area contributed by atoms with Crippen LogP contribution in [0.3, 0.4) is 0 Å². The Morgan fingerprint density at radius 3 is 1.39 bits per heavy atom. The Bertz CT molecular complexity index is 1680. The molecule has 0 amide bonds. The molecule has 0 aliphatic carbocycles. The first-order valence-electron chi connectivity index (χ1n) is 19.7. The molecule has 0 spiro atoms. The van der Waals surface area contributed by atoms with Gasteiger partial charge in [0.05, 0.1) is 0 Å². The average molecular weight is 727 g/mol. The molecule has 0 aliphatic heterocycles. The van der Waals surface area contributed by atoms with Gasteiger partial charge < -0.3 is 13.6 Å². The molecule has 0 atom stereocenters. The highest BCUT2D eigenvalue weighted by Crippen LogP contribution is 2.45. The minimum Gasteiger partial charge on any atom is -0.543 e. The van der Waals surface area contributed by atoms with Crippen LogP contribution in [-0.2, 0) is 0 Å². The van der Waals surface area contributed by atoms with Crippen LogP contribution in [0.5, 0.6) is 17.2 Å². The maximum absolute atomic E-state index is 14.8. The number of carbonyl (C=O) groups excluding carboxylic acids is 1. The molecule has 0 fully saturated rings. The fourth-order valence-corrected chi connectivity index (χ4v) is 20.5. The second kappa shape index (κ2) is 17.6. The first-order valence-corrected chi connectivity index (χ1v) is 24.7. The lowest BCUT2D eigenvalue weighted by Gasteiger charge is -2.38. The van der Waals surface area contributed by atoms with Crippen LogP contribution in [0.15, 0.2) is 72.8 Å². The first-order chi connectivity index (χ1) is 24.0. The molecule has 4 nitrogen and oxygen atoms in total. The van der Waals surface area contributed by atoms with E-state index in [2.05, 4.69) is 119 Å². The SMILES string of the molecule is CC(C)C[Si](CC(C)C)(CC(C)C)Oc1cc(C(=O)Oc2cccc3ccccc23)c(O[Si](CC(C)C)(CC(C)C)CC(C)C)c2ccccc12. The number of ether oxygens (including phenoxy) is 1. The van der Waals surface area contributed by atoms with Crippen molar-refractivity contribution in [2.45, 2.75) is 119 Å². The zero-order valence-corrected chi connectivity index (χ0v) is 35.8. The normalized spacial score (nSPS) is 12.7. The van der Waals surface area contributed by atoms with E-state index in [1.165, 1.54) is 0 Å². The molecule has 6 heteroatoms. The molecule has 0 unspecified atom stereocenters. The Labute approximate surface area is 311 Å². The molecule has 51 heavy (non-hydrogen) atoms. The third-order valence-corrected chi connectivity index (χ3v) is 20.1. The molecule has 0 aromatic heterocycles. The Kier molecular flexibility index (Phi) is 14.0. The van der Waals surface area contributed by atoms with E-state index in [9.17, 15) is 4.79 Å². The lowest BCUT2D eigenvalue weighted by atomic mass is 10.0. The summed E-state index contributed by atoms with van der Waals surface area (Å²) < 4.78 is 21.5. The summed E-state index contributed by atoms with van der Waals surface area (Å²) in [6.07, 6.45) is 0. The van der Waals surface area contributed by atoms with E-state index in [-0.39, 0.29) is 0 Å². The summed E-state index contributed by atoms with van der Waals surface area (Å²) in [4.78, 5) is 14.8. The molecule has 0 saturated heterocycles. The molecule has 4 aromatic carbocycles. The fourth-order valence-electron chi connectivity index (χ4n) is 8.76. The third kappa shape index (κ3) is 11.0. The maximum atomic E-state index is 14.8. The number of carbonyl (C=O) groups is 1. The highest BCUT2D eigenvalue weighted by molar-refractivity contribution is 6.75. The van der Waals surface area contributed by atoms with Crippen LogP contribution in [0.25, 0.3) is 21.5 Å². The summed E-state index contributed by atoms with van der Waals surface area (Å²) in [5, 5.41) is 3.90. The smallest absolute Gasteiger partial charge is 0.347 e. The standard InChI is InChI=1S/C45H66O4Si2/c1-31(2)25-50(26-32(3)4,27-33(5)6)48-43-24-41(45(46)47-42-23-17-19-37-18-13-14-20-38(37)42)44(40-22-16-15-21-39(40)43)49-51(28-34(7)8,29-35(9)10)30-36(11)12/h13-24,31-36H,25-30H2,1-12H3. The molecule has 0 bridgehead atoms. The van der Waals surface area contributed by atoms with Crippen molar-refractivity contribution in [2.75, 3.05) is 0 Å². The van der Waals surface area contributed by atoms with Gasteiger partial charge in [-0.2, -0.15) is 0 Å². The molecule has 4 aromatic rings. The minimum absolute atomic E-state index is 0.401. The summed E-state index contributed by atoms with van der Waals surface area (Å²) in [5.41, 5.74) is 0.464. The lowest BCUT2D eigenvalue weighted by molar-refractivity contribution is 0.0735. The fraction of sp³-hybridized carbons (Fsp3) is 0.533. The number of hydrogen-bond acceptors (Lipinski definition) is 4. The zero-order valence-electron chi connectivity index (χ0n) is 33.8. The van der Waals surface area contributed by atoms with Gasteiger partial charge in [-0.1, -0.05) is 144 Å². The van der Waals surface area contributed by atoms with Gasteiger partial charge in [0.25, 0.3) is 16.6 Å². The van der Waals surface area contributed by atoms with E-state index in [1.807, 2.05) is 36.4 Å². The van der Waals surface area contributed by atoms with Crippen LogP contribution < -0.4 is 13.6 Å². The number of rotatable bonds is 18. The highest BCUT2D eigenvalue weighted by atomic mass is 28.4. The predicted octanol–water partition coefficient (Wildman–Crippen LogP) is 13.8. The van der Waals surface area contributed by atoms with Crippen LogP contribution in [0.2, 0.25) is 36.3 Å². The van der Waals surface area contributed by atoms with Crippen LogP contribution in [0.1, 0.15) is 93.4 Å². The number of hydrogen-bond donors (Lipinski definition) is 0. The van der Waals surface area contributed by atoms with Crippen LogP contribution in [0.4, 0.5) is 0 Å². The van der Waals surface area contributed by atoms with Crippen LogP contribution in [0, 0.1) is 35.5 Å². The molecule has 0 N–H and O–H groups in total. The van der Waals surface area contributed by atoms with Gasteiger partial charge in [0.1, 0.15) is 22.8 Å². The van der Waals surface area contributed by atoms with Gasteiger partial charge in [0, 0.05) is 16.2 Å². The summed E-state index contributed by atoms with van der Waals surface area (Å²) in [6.45, 7) is 27.7. The quantitative estimate of drug-likeness (QED) is 0.0582. The van der Waals surface area contributed by atoms with Gasteiger partial charge in [-0.05, 0) is 89.3 Å². The van der Waals surface area contributed by atoms with Crippen LogP contribution >= 0.6 is 0 Å². The van der Waals surface area contributed by atoms with Gasteiger partial charge in [0.2, 0.25) is 0 Å². The van der Waals surface area contributed by atoms with Gasteiger partial charge >= 0.3 is 5.97 Å². The summed E-state index contributed by atoms with van der Waals surface area (Å²) in [7, 11) is -4.75. The summed E-state index contributed by atoms with van der Waals surface area (Å²) in [6, 6.07) is 30.7. The van der Waals surface area contributed by atoms with Crippen molar-refractivity contribution < 1.29 is 18.4 Å². The number of esters is 1. The van der Waals surface area contributed by atoms with Crippen molar-refractivity contribution in [1.82, 2.24) is 0 Å². The Morgan fingerprint density at radius 1 is 0.490 bits per heavy atom. The minimum atomic E-state index is -2.43. The van der Waals surface area contributed by atoms with E-state index in [1.54, 1.807) is 0 Å². The second-order valence-electron chi connectivity index (χ2n) is 17.8. The number of benzene rings is 4. The van der Waals surface area contributed by atoms with Gasteiger partial charge in [0.15, 0.2) is 0 Å². The predicted molar refractivity (Wildman–Crippen MR) is 223 cm³/mol. The maximum Gasteiger partial charge on any atom is 0.347 e. The zero-order chi connectivity index (χ0) is 37.5. The Hall–Kier alpha value is -3.10. The molecule has 278 valence electrons. The van der Waals surface area contributed by atoms with E-state index in [4.69, 9.17) is 13.6 Å². The Balaban J connectivity index is 2.02. The van der Waals surface area contributed by atoms with E-state index in [0.717, 1.165) is 63.6 Å². The topological polar surface area (TPSA) is 44.8 Å². The molecule has 0 radical (unpaired) electrons. The van der Waals surface area contributed by atoms with Gasteiger partial charge in [-0.15, -0.1) is 0 Å². The number of fused-ring (bicyclic) bond motifs is 2. The Morgan fingerprint density at radius 2 is 0.902 bits per heavy atom. The molecule has 0 heterocycles. The van der Waals surface area contributed by atoms with Crippen LogP contribution in [-0.4, -0.2) is 22.6 Å². The molecule has 0 aliphatic rings. The average Bonchev–Trinajstić information content (AvgIpc) is 3.00. The largest absolute Gasteiger partial charge is 0.543 e. The van der Waals surface area contributed by atoms with Gasteiger partial charge in [-0.25, -0.2) is 4.79 Å². The lowest BCUT2D eigenvalue weighted by Crippen LogP contribution is -2.46. The third-order valence-electron chi connectivity index (χ3n) is 9.46. The summed E-state index contributed by atoms with van der Waals surface area (Å²) in [5.74, 6) is 4.56. The molecular formula is C45H66O4Si2. The van der Waals surface area contributed by atoms with Crippen molar-refractivity contribution in [3.05, 3.63) is 78.4 Å².